The monoisotopic (exact) mass is 1500 g/mol. The topological polar surface area (TPSA) is 362 Å². The van der Waals surface area contributed by atoms with Gasteiger partial charge >= 0.3 is 0 Å². The minimum absolute atomic E-state index is 0. The number of allylic oxidation sites excluding steroid dienone is 2. The summed E-state index contributed by atoms with van der Waals surface area (Å²) in [5.74, 6) is 5.19. The number of halogens is 1. The summed E-state index contributed by atoms with van der Waals surface area (Å²) in [4.78, 5) is 88.9. The number of thioether (sulfide) groups is 1. The van der Waals surface area contributed by atoms with E-state index in [1.54, 1.807) is 67.8 Å². The van der Waals surface area contributed by atoms with Gasteiger partial charge in [-0.3, -0.25) is 19.5 Å². The summed E-state index contributed by atoms with van der Waals surface area (Å²) in [6.45, 7) is 13.2. The fourth-order valence-electron chi connectivity index (χ4n) is 10.2. The maximum atomic E-state index is 12.7. The highest BCUT2D eigenvalue weighted by Crippen LogP contribution is 2.36. The molecule has 5 aromatic carbocycles. The number of carbonyl (C=O) groups is 3. The fraction of sp³-hybridized carbons (Fsp3) is 0.219. The molecule has 104 heavy (non-hydrogen) atoms. The van der Waals surface area contributed by atoms with Crippen LogP contribution in [0.4, 0.5) is 57.8 Å². The molecule has 0 bridgehead atoms. The maximum Gasteiger partial charge on any atom is 0.291 e. The normalized spacial score (nSPS) is 13.6. The van der Waals surface area contributed by atoms with Crippen molar-refractivity contribution in [2.75, 3.05) is 81.5 Å². The second-order valence-electron chi connectivity index (χ2n) is 24.0. The van der Waals surface area contributed by atoms with Gasteiger partial charge in [0.2, 0.25) is 0 Å². The molecule has 10 aromatic rings. The van der Waals surface area contributed by atoms with E-state index < -0.39 is 0 Å². The number of amides is 3. The average molecular weight is 1500 g/mol. The number of nitrogens with zero attached hydrogens (tertiary/aromatic N) is 14. The third kappa shape index (κ3) is 20.7. The van der Waals surface area contributed by atoms with Crippen molar-refractivity contribution in [3.8, 4) is 0 Å². The molecule has 3 fully saturated rings. The summed E-state index contributed by atoms with van der Waals surface area (Å²) >= 11 is 12.2. The number of nitrogens with two attached hydrogens (primary N) is 4. The van der Waals surface area contributed by atoms with Crippen LogP contribution >= 0.6 is 58.6 Å². The number of hydrogen-bond acceptors (Lipinski definition) is 23. The molecule has 0 unspecified atom stereocenters. The zero-order valence-corrected chi connectivity index (χ0v) is 62.0. The summed E-state index contributed by atoms with van der Waals surface area (Å²) in [5, 5.41) is 21.4. The van der Waals surface area contributed by atoms with Gasteiger partial charge in [-0.15, -0.1) is 11.8 Å². The molecule has 26 nitrogen and oxygen atoms in total. The molecular weight excluding hydrogens is 1410 g/mol. The third-order valence-electron chi connectivity index (χ3n) is 15.8. The number of amidine groups is 2. The molecular formula is C73H92ClN23O3S4. The van der Waals surface area contributed by atoms with Crippen LogP contribution < -0.4 is 58.9 Å². The molecule has 0 spiro atoms. The zero-order chi connectivity index (χ0) is 73.2. The Balaban J connectivity index is 0.000000341. The van der Waals surface area contributed by atoms with Crippen molar-refractivity contribution in [1.82, 2.24) is 49.7 Å². The van der Waals surface area contributed by atoms with Gasteiger partial charge in [-0.1, -0.05) is 42.8 Å². The van der Waals surface area contributed by atoms with E-state index in [2.05, 4.69) is 76.1 Å². The first kappa shape index (κ1) is 74.3. The Kier molecular flexibility index (Phi) is 25.2. The molecule has 8 heterocycles. The number of nitrogens with one attached hydrogen (secondary N) is 5. The molecule has 0 aliphatic carbocycles. The van der Waals surface area contributed by atoms with Gasteiger partial charge < -0.3 is 63.5 Å². The van der Waals surface area contributed by atoms with Crippen molar-refractivity contribution in [3.63, 3.8) is 0 Å². The van der Waals surface area contributed by atoms with Gasteiger partial charge in [-0.05, 0) is 197 Å². The van der Waals surface area contributed by atoms with E-state index >= 15 is 0 Å². The smallest absolute Gasteiger partial charge is 0.291 e. The van der Waals surface area contributed by atoms with Crippen LogP contribution in [0.3, 0.4) is 0 Å². The largest absolute Gasteiger partial charge is 0.402 e. The molecule has 3 saturated heterocycles. The molecule has 5 aromatic heterocycles. The van der Waals surface area contributed by atoms with E-state index in [1.807, 2.05) is 154 Å². The highest BCUT2D eigenvalue weighted by atomic mass is 35.5. The van der Waals surface area contributed by atoms with E-state index in [0.29, 0.717) is 89.2 Å². The van der Waals surface area contributed by atoms with Gasteiger partial charge in [0.05, 0.1) is 16.1 Å². The standard InChI is InChI=1S/C26H28ClN7OS.C25H27N7OS2.C22H23N9OS.7H2/c1-3-17-6-4-7-20(24(17)27)25(35)30-18-8-10-19(11-9-18)36-26-32-22(31-21(29)14-16(2)28)15-23(33-26)34-12-5-13-34;1-16(26)14-21(27)29-22-15-23(32-12-5-13-32)31-25(30-22)35-18-10-8-17(9-11-18)28-24(33)19-6-3-4-7-20(19)34-2;1-14-12-18(29-28-14)25-17-13-19(31-9-3-10-31)27-22(26-17)33-16-6-4-15(5-7-16)24-21(32)20-23-8-11-30(20)2;;;;;;;/h4,6-11,14-15H,3,5,12-13,28H2,1-2H3,(H,30,35)(H2,29,31,32,33);3-4,6-11,14-15H,5,12-13,26H2,1-2H3,(H,28,33)(H2,27,29,30,31);4-8,11-13H,3,9-10H2,1-2H3,(H,24,32)(H2,25,26,27,28,29);7*1H/b2*16-14-;;;;;;;;. The number of aryl methyl sites for hydroxylation is 3. The van der Waals surface area contributed by atoms with Crippen molar-refractivity contribution < 1.29 is 24.4 Å². The predicted molar refractivity (Wildman–Crippen MR) is 434 cm³/mol. The molecule has 13 rings (SSSR count). The minimum atomic E-state index is -0.252. The average Bonchev–Trinajstić information content (AvgIpc) is 0.958. The predicted octanol–water partition coefficient (Wildman–Crippen LogP) is 15.1. The van der Waals surface area contributed by atoms with Gasteiger partial charge in [-0.2, -0.15) is 5.10 Å². The van der Waals surface area contributed by atoms with E-state index in [1.165, 1.54) is 41.7 Å². The number of imidazole rings is 1. The van der Waals surface area contributed by atoms with Crippen molar-refractivity contribution in [2.24, 2.45) is 40.0 Å². The van der Waals surface area contributed by atoms with E-state index in [4.69, 9.17) is 49.5 Å². The number of anilines is 8. The van der Waals surface area contributed by atoms with Crippen LogP contribution in [0, 0.1) is 6.92 Å². The Labute approximate surface area is 634 Å². The number of aromatic nitrogens is 10. The lowest BCUT2D eigenvalue weighted by Crippen LogP contribution is -2.37. The highest BCUT2D eigenvalue weighted by Gasteiger charge is 2.23. The summed E-state index contributed by atoms with van der Waals surface area (Å²) in [7, 11) is 1.78. The Hall–Kier alpha value is -10.9. The second-order valence-corrected chi connectivity index (χ2v) is 28.3. The van der Waals surface area contributed by atoms with Crippen molar-refractivity contribution in [2.45, 2.75) is 88.4 Å². The first-order valence-corrected chi connectivity index (χ1v) is 37.2. The summed E-state index contributed by atoms with van der Waals surface area (Å²) in [6, 6.07) is 43.2. The Morgan fingerprint density at radius 2 is 1.03 bits per heavy atom. The molecule has 31 heteroatoms. The van der Waals surface area contributed by atoms with Gasteiger partial charge in [0, 0.05) is 147 Å². The number of aromatic amines is 1. The molecule has 0 radical (unpaired) electrons. The van der Waals surface area contributed by atoms with Crippen LogP contribution in [0.15, 0.2) is 221 Å². The lowest BCUT2D eigenvalue weighted by Gasteiger charge is -2.32. The molecule has 0 atom stereocenters. The quantitative estimate of drug-likeness (QED) is 0.0124. The number of H-pyrrole nitrogens is 1. The fourth-order valence-corrected chi connectivity index (χ4v) is 13.5. The van der Waals surface area contributed by atoms with Gasteiger partial charge in [-0.25, -0.2) is 44.9 Å². The maximum absolute atomic E-state index is 12.7. The van der Waals surface area contributed by atoms with Crippen LogP contribution in [0.1, 0.15) is 92.6 Å². The lowest BCUT2D eigenvalue weighted by atomic mass is 10.1. The SMILES string of the molecule is CCc1cccc(C(=O)Nc2ccc(Sc3nc(N=C(N)/C=C(/C)N)cc(N4CCC4)n3)cc2)c1Cl.CSc1ccccc1C(=O)Nc1ccc(Sc2nc(N=C(N)/C=C(/C)N)cc(N3CCC3)n2)cc1.Cc1cc(Nc2cc(N3CCC3)nc(Sc3ccc(NC(=O)c4nccn4C)cc3)n2)n[nH]1.[HH].[HH].[HH].[HH].[HH].[HH].[HH]. The third-order valence-corrected chi connectivity index (χ3v) is 19.7. The second kappa shape index (κ2) is 35.3. The lowest BCUT2D eigenvalue weighted by molar-refractivity contribution is 0.100. The van der Waals surface area contributed by atoms with Crippen LogP contribution in [0.2, 0.25) is 5.02 Å². The number of aliphatic imine (C=N–C) groups is 2. The molecule has 0 saturated carbocycles. The van der Waals surface area contributed by atoms with Crippen LogP contribution in [0.5, 0.6) is 0 Å². The summed E-state index contributed by atoms with van der Waals surface area (Å²) < 4.78 is 1.68. The number of benzene rings is 5. The highest BCUT2D eigenvalue weighted by molar-refractivity contribution is 7.99. The molecule has 548 valence electrons. The number of carbonyl (C=O) groups excluding carboxylic acids is 3. The van der Waals surface area contributed by atoms with Crippen molar-refractivity contribution in [1.29, 1.82) is 0 Å². The minimum Gasteiger partial charge on any atom is -0.402 e. The van der Waals surface area contributed by atoms with Gasteiger partial charge in [0.15, 0.2) is 38.7 Å². The first-order chi connectivity index (χ1) is 50.3. The Morgan fingerprint density at radius 3 is 1.45 bits per heavy atom. The van der Waals surface area contributed by atoms with Gasteiger partial charge in [0.1, 0.15) is 34.9 Å². The van der Waals surface area contributed by atoms with Crippen LogP contribution in [-0.2, 0) is 13.5 Å². The molecule has 3 aliphatic heterocycles. The number of hydrogen-bond donors (Lipinski definition) is 9. The molecule has 3 amide bonds. The van der Waals surface area contributed by atoms with E-state index in [0.717, 1.165) is 107 Å². The summed E-state index contributed by atoms with van der Waals surface area (Å²) in [6.07, 6.45) is 12.7. The summed E-state index contributed by atoms with van der Waals surface area (Å²) in [5.41, 5.74) is 29.6. The molecule has 3 aliphatic rings. The van der Waals surface area contributed by atoms with Gasteiger partial charge in [0.25, 0.3) is 17.7 Å². The number of rotatable bonds is 23. The van der Waals surface area contributed by atoms with E-state index in [-0.39, 0.29) is 39.4 Å². The van der Waals surface area contributed by atoms with Crippen LogP contribution in [0.25, 0.3) is 0 Å². The van der Waals surface area contributed by atoms with Crippen molar-refractivity contribution in [3.05, 3.63) is 209 Å². The van der Waals surface area contributed by atoms with E-state index in [9.17, 15) is 14.4 Å². The Morgan fingerprint density at radius 1 is 0.577 bits per heavy atom. The molecule has 13 N–H and O–H groups in total. The van der Waals surface area contributed by atoms with Crippen molar-refractivity contribution >= 4 is 146 Å². The van der Waals surface area contributed by atoms with Crippen LogP contribution in [-0.4, -0.2) is 125 Å². The first-order valence-electron chi connectivity index (χ1n) is 33.2. The Bertz CT molecular complexity index is 4860. The zero-order valence-electron chi connectivity index (χ0n) is 58.0.